The van der Waals surface area contributed by atoms with Gasteiger partial charge < -0.3 is 19.5 Å². The van der Waals surface area contributed by atoms with E-state index in [1.807, 2.05) is 18.2 Å². The van der Waals surface area contributed by atoms with Crippen molar-refractivity contribution in [2.45, 2.75) is 24.2 Å². The highest BCUT2D eigenvalue weighted by atomic mass is 32.2. The van der Waals surface area contributed by atoms with Gasteiger partial charge in [-0.3, -0.25) is 14.9 Å². The Morgan fingerprint density at radius 2 is 1.82 bits per heavy atom. The second-order valence-corrected chi connectivity index (χ2v) is 9.80. The molecule has 0 atom stereocenters. The van der Waals surface area contributed by atoms with Crippen molar-refractivity contribution in [3.8, 4) is 17.2 Å². The molecular formula is C22H25N3O8S. The smallest absolute Gasteiger partial charge is 0.312 e. The van der Waals surface area contributed by atoms with Gasteiger partial charge in [0.2, 0.25) is 10.0 Å². The fourth-order valence-electron chi connectivity index (χ4n) is 3.78. The number of amides is 1. The molecular weight excluding hydrogens is 466 g/mol. The largest absolute Gasteiger partial charge is 0.486 e. The number of nitro groups is 1. The fourth-order valence-corrected chi connectivity index (χ4v) is 5.32. The lowest BCUT2D eigenvalue weighted by Gasteiger charge is -2.18. The van der Waals surface area contributed by atoms with Crippen molar-refractivity contribution >= 4 is 21.6 Å². The molecule has 1 N–H and O–H groups in total. The van der Waals surface area contributed by atoms with E-state index in [1.165, 1.54) is 16.4 Å². The minimum atomic E-state index is -3.81. The maximum Gasteiger partial charge on any atom is 0.312 e. The molecule has 4 rings (SSSR count). The van der Waals surface area contributed by atoms with Crippen LogP contribution in [0.5, 0.6) is 17.2 Å². The van der Waals surface area contributed by atoms with E-state index in [9.17, 15) is 23.3 Å². The lowest BCUT2D eigenvalue weighted by molar-refractivity contribution is -0.386. The number of nitro benzene ring substituents is 1. The molecule has 2 heterocycles. The topological polar surface area (TPSA) is 137 Å². The second kappa shape index (κ2) is 10.3. The molecule has 2 aliphatic rings. The van der Waals surface area contributed by atoms with E-state index in [0.717, 1.165) is 24.5 Å². The summed E-state index contributed by atoms with van der Waals surface area (Å²) in [6.45, 7) is 1.66. The predicted octanol–water partition coefficient (Wildman–Crippen LogP) is 1.89. The summed E-state index contributed by atoms with van der Waals surface area (Å²) in [6, 6.07) is 9.01. The molecule has 182 valence electrons. The van der Waals surface area contributed by atoms with E-state index >= 15 is 0 Å². The van der Waals surface area contributed by atoms with Crippen LogP contribution >= 0.6 is 0 Å². The van der Waals surface area contributed by atoms with Crippen LogP contribution in [0.3, 0.4) is 0 Å². The summed E-state index contributed by atoms with van der Waals surface area (Å²) in [4.78, 5) is 22.8. The monoisotopic (exact) mass is 491 g/mol. The van der Waals surface area contributed by atoms with Gasteiger partial charge in [0.25, 0.3) is 5.91 Å². The number of ether oxygens (including phenoxy) is 3. The summed E-state index contributed by atoms with van der Waals surface area (Å²) < 4.78 is 43.0. The van der Waals surface area contributed by atoms with Gasteiger partial charge in [0.15, 0.2) is 23.9 Å². The first kappa shape index (κ1) is 23.8. The molecule has 2 aliphatic heterocycles. The van der Waals surface area contributed by atoms with Gasteiger partial charge >= 0.3 is 5.69 Å². The van der Waals surface area contributed by atoms with Crippen molar-refractivity contribution < 1.29 is 32.3 Å². The van der Waals surface area contributed by atoms with Crippen molar-refractivity contribution in [1.29, 1.82) is 0 Å². The number of benzene rings is 2. The van der Waals surface area contributed by atoms with Crippen LogP contribution in [0.1, 0.15) is 18.4 Å². The third kappa shape index (κ3) is 5.39. The highest BCUT2D eigenvalue weighted by molar-refractivity contribution is 7.89. The minimum absolute atomic E-state index is 0.169. The number of nitrogens with zero attached hydrogens (tertiary/aromatic N) is 2. The Hall–Kier alpha value is -3.38. The molecule has 1 fully saturated rings. The Morgan fingerprint density at radius 3 is 2.56 bits per heavy atom. The summed E-state index contributed by atoms with van der Waals surface area (Å²) in [5.74, 6) is 0.724. The third-order valence-corrected chi connectivity index (χ3v) is 7.43. The molecule has 0 spiro atoms. The van der Waals surface area contributed by atoms with Crippen molar-refractivity contribution in [3.63, 3.8) is 0 Å². The molecule has 1 amide bonds. The van der Waals surface area contributed by atoms with Crippen LogP contribution < -0.4 is 19.5 Å². The number of rotatable bonds is 9. The Kier molecular flexibility index (Phi) is 7.17. The molecule has 11 nitrogen and oxygen atoms in total. The van der Waals surface area contributed by atoms with Crippen molar-refractivity contribution in [1.82, 2.24) is 9.62 Å². The summed E-state index contributed by atoms with van der Waals surface area (Å²) in [5, 5.41) is 14.2. The quantitative estimate of drug-likeness (QED) is 0.415. The number of nitrogens with one attached hydrogen (secondary N) is 1. The number of fused-ring (bicyclic) bond motifs is 1. The molecule has 0 unspecified atom stereocenters. The summed E-state index contributed by atoms with van der Waals surface area (Å²) in [6.07, 6.45) is 2.06. The van der Waals surface area contributed by atoms with Crippen LogP contribution in [0.25, 0.3) is 0 Å². The Balaban J connectivity index is 1.32. The van der Waals surface area contributed by atoms with Gasteiger partial charge in [0.1, 0.15) is 13.2 Å². The zero-order valence-electron chi connectivity index (χ0n) is 18.4. The van der Waals surface area contributed by atoms with E-state index in [1.54, 1.807) is 0 Å². The van der Waals surface area contributed by atoms with E-state index in [4.69, 9.17) is 14.2 Å². The summed E-state index contributed by atoms with van der Waals surface area (Å²) in [5.41, 5.74) is 0.445. The van der Waals surface area contributed by atoms with Crippen LogP contribution in [0.2, 0.25) is 0 Å². The van der Waals surface area contributed by atoms with Gasteiger partial charge in [-0.05, 0) is 49.1 Å². The summed E-state index contributed by atoms with van der Waals surface area (Å²) in [7, 11) is -3.81. The highest BCUT2D eigenvalue weighted by Crippen LogP contribution is 2.32. The number of hydrogen-bond donors (Lipinski definition) is 1. The van der Waals surface area contributed by atoms with Crippen LogP contribution in [0, 0.1) is 10.1 Å². The van der Waals surface area contributed by atoms with Crippen LogP contribution in [0.4, 0.5) is 5.69 Å². The molecule has 0 aromatic heterocycles. The van der Waals surface area contributed by atoms with E-state index in [-0.39, 0.29) is 10.6 Å². The Labute approximate surface area is 196 Å². The third-order valence-electron chi connectivity index (χ3n) is 5.53. The van der Waals surface area contributed by atoms with Crippen molar-refractivity contribution in [3.05, 3.63) is 52.1 Å². The lowest BCUT2D eigenvalue weighted by Crippen LogP contribution is -2.30. The zero-order valence-corrected chi connectivity index (χ0v) is 19.2. The molecule has 34 heavy (non-hydrogen) atoms. The SMILES string of the molecule is O=C(COc1ccc(S(=O)(=O)N2CCCC2)cc1[N+](=O)[O-])NCCc1ccc2c(c1)OCCO2. The zero-order chi connectivity index (χ0) is 24.1. The number of carbonyl (C=O) groups is 1. The average Bonchev–Trinajstić information content (AvgIpc) is 3.38. The minimum Gasteiger partial charge on any atom is -0.486 e. The molecule has 2 aromatic carbocycles. The first-order valence-corrected chi connectivity index (χ1v) is 12.4. The van der Waals surface area contributed by atoms with Gasteiger partial charge in [-0.15, -0.1) is 0 Å². The Bertz CT molecular complexity index is 1180. The average molecular weight is 492 g/mol. The van der Waals surface area contributed by atoms with E-state index in [0.29, 0.717) is 50.8 Å². The Morgan fingerprint density at radius 1 is 1.09 bits per heavy atom. The van der Waals surface area contributed by atoms with Crippen molar-refractivity contribution in [2.24, 2.45) is 0 Å². The van der Waals surface area contributed by atoms with Gasteiger partial charge in [-0.1, -0.05) is 6.07 Å². The maximum atomic E-state index is 12.7. The second-order valence-electron chi connectivity index (χ2n) is 7.86. The molecule has 2 aromatic rings. The number of hydrogen-bond acceptors (Lipinski definition) is 8. The lowest BCUT2D eigenvalue weighted by atomic mass is 10.1. The maximum absolute atomic E-state index is 12.7. The normalized spacial score (nSPS) is 15.6. The van der Waals surface area contributed by atoms with E-state index < -0.39 is 33.1 Å². The first-order valence-electron chi connectivity index (χ1n) is 10.9. The van der Waals surface area contributed by atoms with Crippen LogP contribution in [-0.4, -0.2) is 63.0 Å². The first-order chi connectivity index (χ1) is 16.3. The van der Waals surface area contributed by atoms with Gasteiger partial charge in [0, 0.05) is 25.7 Å². The molecule has 0 saturated carbocycles. The molecule has 0 bridgehead atoms. The predicted molar refractivity (Wildman–Crippen MR) is 121 cm³/mol. The van der Waals surface area contributed by atoms with Crippen LogP contribution in [-0.2, 0) is 21.2 Å². The van der Waals surface area contributed by atoms with E-state index in [2.05, 4.69) is 5.32 Å². The molecule has 0 aliphatic carbocycles. The summed E-state index contributed by atoms with van der Waals surface area (Å²) >= 11 is 0. The van der Waals surface area contributed by atoms with Gasteiger partial charge in [-0.2, -0.15) is 4.31 Å². The fraction of sp³-hybridized carbons (Fsp3) is 0.409. The van der Waals surface area contributed by atoms with Crippen LogP contribution in [0.15, 0.2) is 41.3 Å². The van der Waals surface area contributed by atoms with Gasteiger partial charge in [0.05, 0.1) is 9.82 Å². The number of carbonyl (C=O) groups excluding carboxylic acids is 1. The van der Waals surface area contributed by atoms with Crippen molar-refractivity contribution in [2.75, 3.05) is 39.5 Å². The number of sulfonamides is 1. The highest BCUT2D eigenvalue weighted by Gasteiger charge is 2.30. The standard InChI is InChI=1S/C22H25N3O8S/c26-22(23-8-7-16-3-5-20-21(13-16)32-12-11-31-20)15-33-19-6-4-17(14-18(19)25(27)28)34(29,30)24-9-1-2-10-24/h3-6,13-14H,1-2,7-12,15H2,(H,23,26). The van der Waals surface area contributed by atoms with Gasteiger partial charge in [-0.25, -0.2) is 8.42 Å². The molecule has 0 radical (unpaired) electrons. The molecule has 12 heteroatoms. The molecule has 1 saturated heterocycles.